The molecule has 4 heterocycles. The summed E-state index contributed by atoms with van der Waals surface area (Å²) in [5.74, 6) is 12.4. The average Bonchev–Trinajstić information content (AvgIpc) is 4.22. The number of aryl methyl sites for hydroxylation is 1. The van der Waals surface area contributed by atoms with Gasteiger partial charge in [0.05, 0.1) is 0 Å². The molecule has 12 heteroatoms. The van der Waals surface area contributed by atoms with Gasteiger partial charge in [-0.15, -0.1) is 69.2 Å². The van der Waals surface area contributed by atoms with E-state index in [2.05, 4.69) is 130 Å². The number of rotatable bonds is 5. The van der Waals surface area contributed by atoms with Crippen LogP contribution in [0, 0.1) is 42.6 Å². The molecule has 12 rings (SSSR count). The number of thiophene rings is 4. The highest BCUT2D eigenvalue weighted by molar-refractivity contribution is 7.88. The van der Waals surface area contributed by atoms with Crippen molar-refractivity contribution in [1.29, 1.82) is 0 Å². The van der Waals surface area contributed by atoms with Crippen LogP contribution in [0.15, 0.2) is 119 Å². The van der Waals surface area contributed by atoms with Gasteiger partial charge < -0.3 is 4.18 Å². The van der Waals surface area contributed by atoms with Crippen LogP contribution in [0.2, 0.25) is 17.1 Å². The van der Waals surface area contributed by atoms with E-state index in [4.69, 9.17) is 4.18 Å². The lowest BCUT2D eigenvalue weighted by Crippen LogP contribution is -2.39. The molecule has 0 N–H and O–H groups in total. The fraction of sp³-hybridized carbons (Fsp3) is 0.219. The van der Waals surface area contributed by atoms with Gasteiger partial charge in [-0.1, -0.05) is 91.6 Å². The lowest BCUT2D eigenvalue weighted by Gasteiger charge is -2.33. The van der Waals surface area contributed by atoms with E-state index in [-0.39, 0.29) is 20.6 Å². The monoisotopic (exact) mass is 1120 g/mol. The summed E-state index contributed by atoms with van der Waals surface area (Å²) in [6, 6.07) is 34.4. The van der Waals surface area contributed by atoms with Crippen molar-refractivity contribution in [3.05, 3.63) is 135 Å². The highest BCUT2D eigenvalue weighted by atomic mass is 32.2. The minimum Gasteiger partial charge on any atom is -0.375 e. The zero-order valence-electron chi connectivity index (χ0n) is 41.9. The summed E-state index contributed by atoms with van der Waals surface area (Å²) in [6.45, 7) is 17.5. The first kappa shape index (κ1) is 55.8. The van der Waals surface area contributed by atoms with E-state index in [0.717, 1.165) is 42.1 Å². The van der Waals surface area contributed by atoms with Crippen LogP contribution in [0.1, 0.15) is 80.0 Å². The SMILES string of the molecule is C.C.C#CC.CC#Cc1cc2c(cc(C#C[Si](CC)(C(C)C)C(C)C)c3c4ccsc4ccc23)c2ccc3sccc3c12.Cc1cc2c(cc(OS(=O)(=O)C(F)(F)F)c3c4ccsc4ccc23)c2ccc3sccc3c12. The maximum absolute atomic E-state index is 13.2. The van der Waals surface area contributed by atoms with Gasteiger partial charge in [-0.25, -0.2) is 0 Å². The molecule has 4 aromatic heterocycles. The van der Waals surface area contributed by atoms with Crippen molar-refractivity contribution < 1.29 is 25.8 Å². The Balaban J connectivity index is 0.000000188. The largest absolute Gasteiger partial charge is 0.534 e. The normalized spacial score (nSPS) is 11.8. The van der Waals surface area contributed by atoms with Gasteiger partial charge in [0.25, 0.3) is 0 Å². The lowest BCUT2D eigenvalue weighted by atomic mass is 9.89. The van der Waals surface area contributed by atoms with E-state index in [1.165, 1.54) is 81.5 Å². The van der Waals surface area contributed by atoms with Gasteiger partial charge in [-0.2, -0.15) is 21.6 Å². The number of hydrogen-bond donors (Lipinski definition) is 0. The first-order valence-electron chi connectivity index (χ1n) is 24.2. The lowest BCUT2D eigenvalue weighted by molar-refractivity contribution is -0.0499. The Morgan fingerprint density at radius 2 is 0.921 bits per heavy atom. The summed E-state index contributed by atoms with van der Waals surface area (Å²) < 4.78 is 73.0. The molecule has 76 heavy (non-hydrogen) atoms. The van der Waals surface area contributed by atoms with Crippen LogP contribution >= 0.6 is 45.3 Å². The molecule has 0 unspecified atom stereocenters. The molecule has 0 amide bonds. The van der Waals surface area contributed by atoms with Gasteiger partial charge in [0.1, 0.15) is 8.07 Å². The van der Waals surface area contributed by atoms with E-state index in [1.54, 1.807) is 35.7 Å². The quantitative estimate of drug-likeness (QED) is 0.0567. The van der Waals surface area contributed by atoms with Crippen molar-refractivity contribution in [2.45, 2.75) is 92.9 Å². The third kappa shape index (κ3) is 9.29. The van der Waals surface area contributed by atoms with Crippen LogP contribution in [-0.2, 0) is 10.1 Å². The molecule has 0 atom stereocenters. The molecular weight excluding hydrogens is 1060 g/mol. The topological polar surface area (TPSA) is 43.4 Å². The maximum Gasteiger partial charge on any atom is 0.534 e. The summed E-state index contributed by atoms with van der Waals surface area (Å²) in [7, 11) is -7.63. The molecule has 0 aliphatic rings. The first-order chi connectivity index (χ1) is 35.5. The minimum absolute atomic E-state index is 0. The number of fused-ring (bicyclic) bond motifs is 18. The van der Waals surface area contributed by atoms with Gasteiger partial charge >= 0.3 is 15.6 Å². The summed E-state index contributed by atoms with van der Waals surface area (Å²) in [6.07, 6.45) is 4.60. The molecule has 386 valence electrons. The third-order valence-electron chi connectivity index (χ3n) is 14.5. The number of hydrogen-bond acceptors (Lipinski definition) is 7. The third-order valence-corrected chi connectivity index (χ3v) is 24.9. The fourth-order valence-electron chi connectivity index (χ4n) is 11.1. The Labute approximate surface area is 460 Å². The van der Waals surface area contributed by atoms with E-state index in [1.807, 2.05) is 72.3 Å². The molecule has 0 aliphatic carbocycles. The van der Waals surface area contributed by atoms with Crippen molar-refractivity contribution in [3.8, 4) is 41.4 Å². The molecule has 0 fully saturated rings. The summed E-state index contributed by atoms with van der Waals surface area (Å²) >= 11 is 6.63. The highest BCUT2D eigenvalue weighted by Gasteiger charge is 2.49. The van der Waals surface area contributed by atoms with Crippen molar-refractivity contribution >= 4 is 169 Å². The molecule has 0 radical (unpaired) electrons. The van der Waals surface area contributed by atoms with Crippen molar-refractivity contribution in [1.82, 2.24) is 0 Å². The van der Waals surface area contributed by atoms with Crippen molar-refractivity contribution in [3.63, 3.8) is 0 Å². The number of benzene rings is 8. The number of terminal acetylenes is 1. The number of halogens is 3. The second-order valence-corrected chi connectivity index (χ2v) is 29.7. The predicted molar refractivity (Wildman–Crippen MR) is 334 cm³/mol. The molecule has 3 nitrogen and oxygen atoms in total. The van der Waals surface area contributed by atoms with Crippen LogP contribution in [0.3, 0.4) is 0 Å². The molecule has 0 aliphatic heterocycles. The smallest absolute Gasteiger partial charge is 0.375 e. The van der Waals surface area contributed by atoms with Gasteiger partial charge in [-0.3, -0.25) is 0 Å². The van der Waals surface area contributed by atoms with E-state index >= 15 is 0 Å². The Kier molecular flexibility index (Phi) is 15.8. The molecule has 12 aromatic rings. The molecule has 0 saturated heterocycles. The van der Waals surface area contributed by atoms with Crippen molar-refractivity contribution in [2.24, 2.45) is 0 Å². The Morgan fingerprint density at radius 3 is 1.33 bits per heavy atom. The predicted octanol–water partition coefficient (Wildman–Crippen LogP) is 21.2. The van der Waals surface area contributed by atoms with Crippen LogP contribution in [0.25, 0.3) is 105 Å². The number of alkyl halides is 3. The second-order valence-electron chi connectivity index (χ2n) is 19.0. The van der Waals surface area contributed by atoms with Crippen molar-refractivity contribution in [2.75, 3.05) is 0 Å². The average molecular weight is 1120 g/mol. The second kappa shape index (κ2) is 21.6. The van der Waals surface area contributed by atoms with Crippen LogP contribution < -0.4 is 4.18 Å². The van der Waals surface area contributed by atoms with Gasteiger partial charge in [0.15, 0.2) is 5.75 Å². The summed E-state index contributed by atoms with van der Waals surface area (Å²) in [4.78, 5) is 0. The van der Waals surface area contributed by atoms with E-state index in [9.17, 15) is 21.6 Å². The zero-order chi connectivity index (χ0) is 52.4. The zero-order valence-corrected chi connectivity index (χ0v) is 47.0. The Bertz CT molecular complexity index is 4530. The van der Waals surface area contributed by atoms with Gasteiger partial charge in [0, 0.05) is 67.6 Å². The fourth-order valence-corrected chi connectivity index (χ4v) is 18.8. The Hall–Kier alpha value is -6.40. The molecule has 0 saturated carbocycles. The highest BCUT2D eigenvalue weighted by Crippen LogP contribution is 2.47. The van der Waals surface area contributed by atoms with Gasteiger partial charge in [-0.05, 0) is 180 Å². The Morgan fingerprint density at radius 1 is 0.553 bits per heavy atom. The standard InChI is InChI=1S/C35H32S2Si.C24H13F3O3S3.C3H4.2CH4/c1-7-9-24-20-30-27-11-13-33-29(15-18-37-33)35(27)25(16-19-38(8-2,22(3)4)23(5)6)21-31(30)26-10-12-32-28(34(24)26)14-17-36-32;1-12-10-17-14-3-5-21-16(7-9-32-21)23(14)19(30-33(28,29)24(25,26)27)11-18(17)13-2-4-20-15(22(12)13)6-8-31-20;1-3-2;;/h10-15,17-18,20-23H,8H2,1-6H3;2-11H,1H3;1H,2H3;2*1H4. The summed E-state index contributed by atoms with van der Waals surface area (Å²) in [5, 5.41) is 24.4. The first-order valence-corrected chi connectivity index (χ1v) is 31.4. The minimum atomic E-state index is -5.84. The molecule has 0 bridgehead atoms. The molecular formula is C64H57F3O3S5Si. The molecule has 8 aromatic carbocycles. The van der Waals surface area contributed by atoms with Crippen LogP contribution in [-0.4, -0.2) is 22.0 Å². The summed E-state index contributed by atoms with van der Waals surface area (Å²) in [5.41, 5.74) is 3.01. The van der Waals surface area contributed by atoms with Crippen LogP contribution in [0.5, 0.6) is 5.75 Å². The van der Waals surface area contributed by atoms with E-state index < -0.39 is 23.7 Å². The van der Waals surface area contributed by atoms with Crippen LogP contribution in [0.4, 0.5) is 13.2 Å². The van der Waals surface area contributed by atoms with Gasteiger partial charge in [0.2, 0.25) is 0 Å². The maximum atomic E-state index is 13.2. The van der Waals surface area contributed by atoms with E-state index in [0.29, 0.717) is 32.6 Å². The molecule has 0 spiro atoms.